The number of nitrogen functional groups attached to an aromatic ring is 1. The van der Waals surface area contributed by atoms with Crippen LogP contribution < -0.4 is 5.73 Å². The molecule has 0 fully saturated rings. The lowest BCUT2D eigenvalue weighted by Crippen LogP contribution is -1.96. The van der Waals surface area contributed by atoms with Crippen LogP contribution in [-0.2, 0) is 12.8 Å². The van der Waals surface area contributed by atoms with Crippen molar-refractivity contribution in [2.45, 2.75) is 10.6 Å². The number of benzene rings is 1. The van der Waals surface area contributed by atoms with Crippen molar-refractivity contribution < 1.29 is 0 Å². The van der Waals surface area contributed by atoms with Gasteiger partial charge in [0.05, 0.1) is 11.9 Å². The second-order valence-electron chi connectivity index (χ2n) is 3.53. The molecule has 1 aromatic heterocycles. The molecule has 0 saturated heterocycles. The van der Waals surface area contributed by atoms with Crippen molar-refractivity contribution >= 4 is 40.7 Å². The van der Waals surface area contributed by atoms with E-state index >= 15 is 0 Å². The molecule has 0 saturated carbocycles. The fourth-order valence-corrected chi connectivity index (χ4v) is 2.62. The molecule has 0 atom stereocenters. The van der Waals surface area contributed by atoms with Gasteiger partial charge in [-0.3, -0.25) is 0 Å². The van der Waals surface area contributed by atoms with Crippen LogP contribution in [0, 0.1) is 0 Å². The van der Waals surface area contributed by atoms with Crippen LogP contribution in [0.1, 0.15) is 5.82 Å². The summed E-state index contributed by atoms with van der Waals surface area (Å²) < 4.78 is 1.85. The number of hydrogen-bond acceptors (Lipinski definition) is 3. The highest BCUT2D eigenvalue weighted by Crippen LogP contribution is 2.30. The summed E-state index contributed by atoms with van der Waals surface area (Å²) in [5.41, 5.74) is 6.55. The number of nitrogens with zero attached hydrogens (tertiary/aromatic N) is 2. The molecule has 2 aromatic rings. The van der Waals surface area contributed by atoms with Crippen LogP contribution in [0.2, 0.25) is 10.2 Å². The summed E-state index contributed by atoms with van der Waals surface area (Å²) in [5, 5.41) is 1.27. The van der Waals surface area contributed by atoms with Crippen molar-refractivity contribution in [3.8, 4) is 0 Å². The Bertz CT molecular complexity index is 540. The van der Waals surface area contributed by atoms with Crippen LogP contribution in [0.5, 0.6) is 0 Å². The van der Waals surface area contributed by atoms with Crippen LogP contribution >= 0.6 is 35.0 Å². The maximum atomic E-state index is 5.91. The minimum atomic E-state index is 0.629. The summed E-state index contributed by atoms with van der Waals surface area (Å²) in [6.45, 7) is 0. The molecule has 2 N–H and O–H groups in total. The van der Waals surface area contributed by atoms with Crippen molar-refractivity contribution in [3.63, 3.8) is 0 Å². The lowest BCUT2D eigenvalue weighted by molar-refractivity contribution is 0.850. The molecule has 2 rings (SSSR count). The summed E-state index contributed by atoms with van der Waals surface area (Å²) in [4.78, 5) is 5.21. The predicted molar refractivity (Wildman–Crippen MR) is 73.6 cm³/mol. The molecule has 0 radical (unpaired) electrons. The topological polar surface area (TPSA) is 43.8 Å². The van der Waals surface area contributed by atoms with Crippen LogP contribution in [0.4, 0.5) is 5.69 Å². The molecule has 6 heteroatoms. The highest BCUT2D eigenvalue weighted by atomic mass is 35.5. The Balaban J connectivity index is 2.10. The summed E-state index contributed by atoms with van der Waals surface area (Å²) in [6.07, 6.45) is 1.64. The highest BCUT2D eigenvalue weighted by molar-refractivity contribution is 7.98. The lowest BCUT2D eigenvalue weighted by atomic mass is 10.3. The molecule has 1 heterocycles. The fraction of sp³-hybridized carbons (Fsp3) is 0.182. The van der Waals surface area contributed by atoms with Gasteiger partial charge in [0.15, 0.2) is 0 Å². The zero-order valence-corrected chi connectivity index (χ0v) is 11.5. The molecule has 3 nitrogen and oxygen atoms in total. The second-order valence-corrected chi connectivity index (χ2v) is 5.37. The normalized spacial score (nSPS) is 10.8. The van der Waals surface area contributed by atoms with Crippen molar-refractivity contribution in [3.05, 3.63) is 40.4 Å². The van der Waals surface area contributed by atoms with Gasteiger partial charge in [-0.05, 0) is 18.2 Å². The maximum absolute atomic E-state index is 5.91. The Morgan fingerprint density at radius 2 is 2.18 bits per heavy atom. The summed E-state index contributed by atoms with van der Waals surface area (Å²) >= 11 is 13.4. The highest BCUT2D eigenvalue weighted by Gasteiger charge is 2.06. The molecule has 0 aliphatic heterocycles. The number of halogens is 2. The van der Waals surface area contributed by atoms with Crippen molar-refractivity contribution in [2.75, 3.05) is 5.73 Å². The number of imidazole rings is 1. The summed E-state index contributed by atoms with van der Waals surface area (Å²) in [5.74, 6) is 1.63. The zero-order chi connectivity index (χ0) is 12.4. The largest absolute Gasteiger partial charge is 0.398 e. The van der Waals surface area contributed by atoms with Crippen molar-refractivity contribution in [1.82, 2.24) is 9.55 Å². The van der Waals surface area contributed by atoms with Gasteiger partial charge in [0.25, 0.3) is 0 Å². The van der Waals surface area contributed by atoms with Gasteiger partial charge >= 0.3 is 0 Å². The number of nitrogens with two attached hydrogens (primary N) is 1. The third-order valence-corrected chi connectivity index (χ3v) is 4.03. The number of aromatic nitrogens is 2. The molecule has 0 aliphatic carbocycles. The molecular weight excluding hydrogens is 277 g/mol. The van der Waals surface area contributed by atoms with Crippen LogP contribution in [0.25, 0.3) is 0 Å². The third-order valence-electron chi connectivity index (χ3n) is 2.36. The monoisotopic (exact) mass is 287 g/mol. The standard InChI is InChI=1S/C11H11Cl2N3S/c1-16-10(13)5-15-11(16)6-17-9-3-2-7(12)4-8(9)14/h2-5H,6,14H2,1H3. The molecule has 90 valence electrons. The maximum Gasteiger partial charge on any atom is 0.128 e. The minimum Gasteiger partial charge on any atom is -0.398 e. The molecule has 0 unspecified atom stereocenters. The van der Waals surface area contributed by atoms with Gasteiger partial charge in [0.1, 0.15) is 11.0 Å². The Morgan fingerprint density at radius 1 is 1.41 bits per heavy atom. The minimum absolute atomic E-state index is 0.629. The van der Waals surface area contributed by atoms with E-state index in [4.69, 9.17) is 28.9 Å². The third kappa shape index (κ3) is 2.89. The van der Waals surface area contributed by atoms with E-state index in [0.29, 0.717) is 15.9 Å². The van der Waals surface area contributed by atoms with E-state index in [2.05, 4.69) is 4.98 Å². The first-order valence-corrected chi connectivity index (χ1v) is 6.66. The van der Waals surface area contributed by atoms with Crippen LogP contribution in [0.3, 0.4) is 0 Å². The summed E-state index contributed by atoms with van der Waals surface area (Å²) in [6, 6.07) is 5.48. The van der Waals surface area contributed by atoms with E-state index in [-0.39, 0.29) is 0 Å². The quantitative estimate of drug-likeness (QED) is 0.693. The van der Waals surface area contributed by atoms with E-state index in [9.17, 15) is 0 Å². The molecule has 0 spiro atoms. The molecule has 0 aliphatic rings. The second kappa shape index (κ2) is 5.21. The first kappa shape index (κ1) is 12.6. The molecular formula is C11H11Cl2N3S. The zero-order valence-electron chi connectivity index (χ0n) is 9.15. The fourth-order valence-electron chi connectivity index (χ4n) is 1.35. The number of rotatable bonds is 3. The first-order valence-electron chi connectivity index (χ1n) is 4.92. The van der Waals surface area contributed by atoms with Gasteiger partial charge in [0.2, 0.25) is 0 Å². The van der Waals surface area contributed by atoms with Gasteiger partial charge in [0, 0.05) is 22.7 Å². The van der Waals surface area contributed by atoms with E-state index in [0.717, 1.165) is 16.5 Å². The van der Waals surface area contributed by atoms with Crippen molar-refractivity contribution in [1.29, 1.82) is 0 Å². The first-order chi connectivity index (χ1) is 8.08. The van der Waals surface area contributed by atoms with Gasteiger partial charge in [-0.25, -0.2) is 4.98 Å². The Morgan fingerprint density at radius 3 is 2.76 bits per heavy atom. The van der Waals surface area contributed by atoms with E-state index < -0.39 is 0 Å². The number of anilines is 1. The summed E-state index contributed by atoms with van der Waals surface area (Å²) in [7, 11) is 1.89. The van der Waals surface area contributed by atoms with Gasteiger partial charge in [-0.2, -0.15) is 0 Å². The average Bonchev–Trinajstić information content (AvgIpc) is 2.59. The van der Waals surface area contributed by atoms with Crippen LogP contribution in [0.15, 0.2) is 29.3 Å². The van der Waals surface area contributed by atoms with Crippen molar-refractivity contribution in [2.24, 2.45) is 7.05 Å². The smallest absolute Gasteiger partial charge is 0.128 e. The van der Waals surface area contributed by atoms with Gasteiger partial charge < -0.3 is 10.3 Å². The predicted octanol–water partition coefficient (Wildman–Crippen LogP) is 3.60. The van der Waals surface area contributed by atoms with E-state index in [1.54, 1.807) is 24.0 Å². The average molecular weight is 288 g/mol. The van der Waals surface area contributed by atoms with Gasteiger partial charge in [-0.1, -0.05) is 23.2 Å². The number of thioether (sulfide) groups is 1. The van der Waals surface area contributed by atoms with Gasteiger partial charge in [-0.15, -0.1) is 11.8 Å². The number of hydrogen-bond donors (Lipinski definition) is 1. The van der Waals surface area contributed by atoms with E-state index in [1.807, 2.05) is 23.7 Å². The Labute approximate surface area is 114 Å². The Hall–Kier alpha value is -0.840. The molecule has 17 heavy (non-hydrogen) atoms. The SMILES string of the molecule is Cn1c(Cl)cnc1CSc1ccc(Cl)cc1N. The van der Waals surface area contributed by atoms with Crippen LogP contribution in [-0.4, -0.2) is 9.55 Å². The molecule has 1 aromatic carbocycles. The lowest BCUT2D eigenvalue weighted by Gasteiger charge is -2.06. The van der Waals surface area contributed by atoms with E-state index in [1.165, 1.54) is 0 Å². The molecule has 0 bridgehead atoms. The molecule has 0 amide bonds. The Kier molecular flexibility index (Phi) is 3.86.